The molecule has 1 spiro atoms. The van der Waals surface area contributed by atoms with Crippen LogP contribution in [0.15, 0.2) is 6.07 Å². The number of piperidine rings is 1. The standard InChI is InChI=1S/C14H22N4O2/c1-19-11-8-12(20-2)18-13(17-11)16-10-4-7-15-14(9-10)5-3-6-14/h8,10,15H,3-7,9H2,1-2H3,(H,16,17,18). The molecule has 1 saturated heterocycles. The Kier molecular flexibility index (Phi) is 3.65. The molecule has 6 heteroatoms. The van der Waals surface area contributed by atoms with Gasteiger partial charge < -0.3 is 20.1 Å². The predicted octanol–water partition coefficient (Wildman–Crippen LogP) is 1.58. The number of nitrogens with one attached hydrogen (secondary N) is 2. The molecule has 2 heterocycles. The fourth-order valence-corrected chi connectivity index (χ4v) is 3.13. The van der Waals surface area contributed by atoms with E-state index >= 15 is 0 Å². The molecule has 1 atom stereocenters. The third kappa shape index (κ3) is 2.65. The van der Waals surface area contributed by atoms with Crippen LogP contribution in [0.1, 0.15) is 32.1 Å². The van der Waals surface area contributed by atoms with E-state index in [-0.39, 0.29) is 0 Å². The van der Waals surface area contributed by atoms with Crippen LogP contribution in [0.4, 0.5) is 5.95 Å². The van der Waals surface area contributed by atoms with E-state index in [2.05, 4.69) is 20.6 Å². The summed E-state index contributed by atoms with van der Waals surface area (Å²) in [4.78, 5) is 8.68. The van der Waals surface area contributed by atoms with Crippen molar-refractivity contribution in [3.05, 3.63) is 6.07 Å². The van der Waals surface area contributed by atoms with Crippen molar-refractivity contribution in [3.8, 4) is 11.8 Å². The van der Waals surface area contributed by atoms with Crippen LogP contribution in [-0.4, -0.2) is 42.3 Å². The van der Waals surface area contributed by atoms with Gasteiger partial charge in [0.1, 0.15) is 0 Å². The lowest BCUT2D eigenvalue weighted by Crippen LogP contribution is -2.58. The van der Waals surface area contributed by atoms with Gasteiger partial charge in [-0.3, -0.25) is 0 Å². The summed E-state index contributed by atoms with van der Waals surface area (Å²) in [7, 11) is 3.19. The van der Waals surface area contributed by atoms with Crippen LogP contribution in [0.2, 0.25) is 0 Å². The molecule has 1 saturated carbocycles. The van der Waals surface area contributed by atoms with E-state index in [9.17, 15) is 0 Å². The number of methoxy groups -OCH3 is 2. The zero-order valence-electron chi connectivity index (χ0n) is 12.1. The van der Waals surface area contributed by atoms with Crippen LogP contribution in [0.3, 0.4) is 0 Å². The van der Waals surface area contributed by atoms with E-state index in [0.29, 0.717) is 29.3 Å². The fraction of sp³-hybridized carbons (Fsp3) is 0.714. The fourth-order valence-electron chi connectivity index (χ4n) is 3.13. The van der Waals surface area contributed by atoms with Gasteiger partial charge in [-0.2, -0.15) is 9.97 Å². The first-order valence-electron chi connectivity index (χ1n) is 7.22. The highest BCUT2D eigenvalue weighted by atomic mass is 16.5. The lowest BCUT2D eigenvalue weighted by atomic mass is 9.70. The highest BCUT2D eigenvalue weighted by Crippen LogP contribution is 2.38. The minimum absolute atomic E-state index is 0.360. The van der Waals surface area contributed by atoms with Crippen molar-refractivity contribution in [1.82, 2.24) is 15.3 Å². The number of rotatable bonds is 4. The SMILES string of the molecule is COc1cc(OC)nc(NC2CCNC3(CCC3)C2)n1. The van der Waals surface area contributed by atoms with Crippen molar-refractivity contribution >= 4 is 5.95 Å². The van der Waals surface area contributed by atoms with Gasteiger partial charge in [0.05, 0.1) is 20.3 Å². The molecular weight excluding hydrogens is 256 g/mol. The molecule has 1 aromatic heterocycles. The molecule has 1 aromatic rings. The second-order valence-electron chi connectivity index (χ2n) is 5.67. The molecule has 0 aromatic carbocycles. The summed E-state index contributed by atoms with van der Waals surface area (Å²) in [6.45, 7) is 1.05. The van der Waals surface area contributed by atoms with Gasteiger partial charge in [0.25, 0.3) is 0 Å². The van der Waals surface area contributed by atoms with E-state index < -0.39 is 0 Å². The number of aromatic nitrogens is 2. The third-order valence-electron chi connectivity index (χ3n) is 4.37. The van der Waals surface area contributed by atoms with Crippen LogP contribution in [0.5, 0.6) is 11.8 Å². The average molecular weight is 278 g/mol. The smallest absolute Gasteiger partial charge is 0.229 e. The highest BCUT2D eigenvalue weighted by Gasteiger charge is 2.41. The van der Waals surface area contributed by atoms with Gasteiger partial charge in [0, 0.05) is 11.6 Å². The van der Waals surface area contributed by atoms with Gasteiger partial charge in [0.15, 0.2) is 0 Å². The Morgan fingerprint density at radius 2 is 1.95 bits per heavy atom. The summed E-state index contributed by atoms with van der Waals surface area (Å²) in [6.07, 6.45) is 6.13. The molecule has 2 N–H and O–H groups in total. The Labute approximate surface area is 119 Å². The first-order valence-corrected chi connectivity index (χ1v) is 7.22. The van der Waals surface area contributed by atoms with Gasteiger partial charge in [-0.1, -0.05) is 0 Å². The van der Waals surface area contributed by atoms with Gasteiger partial charge in [-0.25, -0.2) is 0 Å². The first-order chi connectivity index (χ1) is 9.73. The van der Waals surface area contributed by atoms with Crippen molar-refractivity contribution < 1.29 is 9.47 Å². The Morgan fingerprint density at radius 3 is 2.50 bits per heavy atom. The number of nitrogens with zero attached hydrogens (tertiary/aromatic N) is 2. The second kappa shape index (κ2) is 5.44. The second-order valence-corrected chi connectivity index (χ2v) is 5.67. The molecule has 6 nitrogen and oxygen atoms in total. The van der Waals surface area contributed by atoms with Crippen LogP contribution < -0.4 is 20.1 Å². The van der Waals surface area contributed by atoms with E-state index in [1.165, 1.54) is 19.3 Å². The van der Waals surface area contributed by atoms with Crippen LogP contribution in [-0.2, 0) is 0 Å². The molecule has 20 heavy (non-hydrogen) atoms. The average Bonchev–Trinajstić information content (AvgIpc) is 2.45. The zero-order chi connectivity index (χ0) is 14.0. The van der Waals surface area contributed by atoms with E-state index in [1.54, 1.807) is 20.3 Å². The van der Waals surface area contributed by atoms with Crippen molar-refractivity contribution in [1.29, 1.82) is 0 Å². The maximum Gasteiger partial charge on any atom is 0.229 e. The number of anilines is 1. The minimum atomic E-state index is 0.360. The summed E-state index contributed by atoms with van der Waals surface area (Å²) in [5.74, 6) is 1.63. The Hall–Kier alpha value is -1.56. The lowest BCUT2D eigenvalue weighted by molar-refractivity contribution is 0.135. The Morgan fingerprint density at radius 1 is 1.25 bits per heavy atom. The van der Waals surface area contributed by atoms with Gasteiger partial charge in [-0.15, -0.1) is 0 Å². The summed E-state index contributed by atoms with van der Waals surface area (Å²) in [5, 5.41) is 7.09. The molecule has 2 fully saturated rings. The monoisotopic (exact) mass is 278 g/mol. The molecule has 1 unspecified atom stereocenters. The van der Waals surface area contributed by atoms with Gasteiger partial charge in [-0.05, 0) is 38.6 Å². The minimum Gasteiger partial charge on any atom is -0.481 e. The van der Waals surface area contributed by atoms with Crippen LogP contribution in [0.25, 0.3) is 0 Å². The van der Waals surface area contributed by atoms with Gasteiger partial charge >= 0.3 is 0 Å². The van der Waals surface area contributed by atoms with E-state index in [4.69, 9.17) is 9.47 Å². The van der Waals surface area contributed by atoms with E-state index in [1.807, 2.05) is 0 Å². The lowest BCUT2D eigenvalue weighted by Gasteiger charge is -2.48. The Balaban J connectivity index is 1.70. The maximum absolute atomic E-state index is 5.18. The first kappa shape index (κ1) is 13.4. The van der Waals surface area contributed by atoms with Gasteiger partial charge in [0.2, 0.25) is 17.7 Å². The van der Waals surface area contributed by atoms with E-state index in [0.717, 1.165) is 19.4 Å². The molecule has 0 radical (unpaired) electrons. The molecule has 110 valence electrons. The molecule has 0 bridgehead atoms. The van der Waals surface area contributed by atoms with Crippen molar-refractivity contribution in [2.24, 2.45) is 0 Å². The number of ether oxygens (including phenoxy) is 2. The molecule has 1 aliphatic heterocycles. The topological polar surface area (TPSA) is 68.3 Å². The Bertz CT molecular complexity index is 454. The summed E-state index contributed by atoms with van der Waals surface area (Å²) < 4.78 is 10.4. The predicted molar refractivity (Wildman–Crippen MR) is 76.4 cm³/mol. The van der Waals surface area contributed by atoms with Crippen molar-refractivity contribution in [2.75, 3.05) is 26.1 Å². The van der Waals surface area contributed by atoms with Crippen LogP contribution in [0, 0.1) is 0 Å². The van der Waals surface area contributed by atoms with Crippen LogP contribution >= 0.6 is 0 Å². The largest absolute Gasteiger partial charge is 0.481 e. The van der Waals surface area contributed by atoms with Crippen molar-refractivity contribution in [2.45, 2.75) is 43.7 Å². The molecular formula is C14H22N4O2. The number of hydrogen-bond acceptors (Lipinski definition) is 6. The zero-order valence-corrected chi connectivity index (χ0v) is 12.1. The molecule has 3 rings (SSSR count). The summed E-state index contributed by atoms with van der Waals surface area (Å²) in [5.41, 5.74) is 0.360. The normalized spacial score (nSPS) is 24.0. The third-order valence-corrected chi connectivity index (χ3v) is 4.37. The molecule has 0 amide bonds. The summed E-state index contributed by atoms with van der Waals surface area (Å²) >= 11 is 0. The molecule has 1 aliphatic carbocycles. The quantitative estimate of drug-likeness (QED) is 0.871. The molecule has 2 aliphatic rings. The number of hydrogen-bond donors (Lipinski definition) is 2. The summed E-state index contributed by atoms with van der Waals surface area (Å²) in [6, 6.07) is 2.09. The highest BCUT2D eigenvalue weighted by molar-refractivity contribution is 5.35. The van der Waals surface area contributed by atoms with Crippen molar-refractivity contribution in [3.63, 3.8) is 0 Å². The maximum atomic E-state index is 5.18.